The summed E-state index contributed by atoms with van der Waals surface area (Å²) in [6, 6.07) is 3.66. The molecule has 8 nitrogen and oxygen atoms in total. The highest BCUT2D eigenvalue weighted by Crippen LogP contribution is 2.32. The zero-order valence-corrected chi connectivity index (χ0v) is 14.0. The van der Waals surface area contributed by atoms with Crippen LogP contribution < -0.4 is 10.6 Å². The van der Waals surface area contributed by atoms with Gasteiger partial charge < -0.3 is 15.4 Å². The van der Waals surface area contributed by atoms with E-state index in [2.05, 4.69) is 14.9 Å². The van der Waals surface area contributed by atoms with Crippen LogP contribution in [-0.4, -0.2) is 51.6 Å². The van der Waals surface area contributed by atoms with Gasteiger partial charge in [0, 0.05) is 37.2 Å². The predicted molar refractivity (Wildman–Crippen MR) is 92.8 cm³/mol. The molecule has 1 aliphatic heterocycles. The summed E-state index contributed by atoms with van der Waals surface area (Å²) in [4.78, 5) is 26.7. The van der Waals surface area contributed by atoms with Crippen molar-refractivity contribution in [3.63, 3.8) is 0 Å². The number of carbonyl (C=O) groups is 1. The van der Waals surface area contributed by atoms with E-state index in [1.807, 2.05) is 12.1 Å². The van der Waals surface area contributed by atoms with Crippen molar-refractivity contribution in [2.75, 3.05) is 31.2 Å². The Morgan fingerprint density at radius 3 is 2.60 bits per heavy atom. The number of ether oxygens (including phenoxy) is 1. The number of hydrogen-bond acceptors (Lipinski definition) is 6. The molecule has 0 aromatic carbocycles. The molecule has 0 aliphatic carbocycles. The number of primary amides is 1. The maximum absolute atomic E-state index is 11.6. The standard InChI is InChI=1S/C16H15ClN6O2/c17-13-12(10-1-3-19-4-2-10)21-15(22-5-7-25-8-6-22)16-20-11(14(18)24)9-23(13)16/h1-4,9H,5-8H2,(H2,18,24). The quantitative estimate of drug-likeness (QED) is 0.759. The molecule has 1 saturated heterocycles. The first-order valence-electron chi connectivity index (χ1n) is 7.76. The van der Waals surface area contributed by atoms with E-state index in [-0.39, 0.29) is 5.69 Å². The molecule has 0 radical (unpaired) electrons. The number of rotatable bonds is 3. The van der Waals surface area contributed by atoms with Gasteiger partial charge in [-0.2, -0.15) is 0 Å². The smallest absolute Gasteiger partial charge is 0.268 e. The van der Waals surface area contributed by atoms with Crippen LogP contribution in [0.15, 0.2) is 30.7 Å². The van der Waals surface area contributed by atoms with Crippen LogP contribution in [0, 0.1) is 0 Å². The molecule has 1 amide bonds. The molecule has 128 valence electrons. The summed E-state index contributed by atoms with van der Waals surface area (Å²) in [7, 11) is 0. The molecule has 3 aromatic rings. The van der Waals surface area contributed by atoms with Crippen LogP contribution in [0.25, 0.3) is 16.9 Å². The summed E-state index contributed by atoms with van der Waals surface area (Å²) in [5.74, 6) is 0.0326. The van der Waals surface area contributed by atoms with E-state index in [0.29, 0.717) is 48.6 Å². The van der Waals surface area contributed by atoms with Gasteiger partial charge in [-0.05, 0) is 12.1 Å². The van der Waals surface area contributed by atoms with Crippen molar-refractivity contribution in [1.82, 2.24) is 19.4 Å². The van der Waals surface area contributed by atoms with Gasteiger partial charge in [0.15, 0.2) is 11.5 Å². The molecule has 1 aliphatic rings. The van der Waals surface area contributed by atoms with Crippen LogP contribution in [0.2, 0.25) is 5.15 Å². The Balaban J connectivity index is 1.97. The first-order chi connectivity index (χ1) is 12.1. The highest BCUT2D eigenvalue weighted by Gasteiger charge is 2.23. The number of nitrogens with two attached hydrogens (primary N) is 1. The minimum atomic E-state index is -0.613. The number of halogens is 1. The summed E-state index contributed by atoms with van der Waals surface area (Å²) in [5.41, 5.74) is 7.44. The lowest BCUT2D eigenvalue weighted by Crippen LogP contribution is -2.37. The minimum Gasteiger partial charge on any atom is -0.378 e. The fourth-order valence-corrected chi connectivity index (χ4v) is 3.08. The van der Waals surface area contributed by atoms with E-state index in [1.165, 1.54) is 6.20 Å². The van der Waals surface area contributed by atoms with Gasteiger partial charge in [0.1, 0.15) is 16.5 Å². The molecule has 9 heteroatoms. The molecule has 0 atom stereocenters. The molecular formula is C16H15ClN6O2. The van der Waals surface area contributed by atoms with Gasteiger partial charge in [-0.3, -0.25) is 14.2 Å². The number of morpholine rings is 1. The summed E-state index contributed by atoms with van der Waals surface area (Å²) in [5, 5.41) is 0.359. The van der Waals surface area contributed by atoms with Crippen molar-refractivity contribution in [2.45, 2.75) is 0 Å². The molecule has 1 fully saturated rings. The van der Waals surface area contributed by atoms with Gasteiger partial charge in [-0.1, -0.05) is 11.6 Å². The summed E-state index contributed by atoms with van der Waals surface area (Å²) < 4.78 is 7.06. The molecule has 4 rings (SSSR count). The van der Waals surface area contributed by atoms with E-state index in [4.69, 9.17) is 27.1 Å². The Labute approximate surface area is 148 Å². The van der Waals surface area contributed by atoms with Crippen molar-refractivity contribution in [2.24, 2.45) is 5.73 Å². The van der Waals surface area contributed by atoms with Gasteiger partial charge in [0.05, 0.1) is 13.2 Å². The minimum absolute atomic E-state index is 0.144. The Morgan fingerprint density at radius 2 is 1.92 bits per heavy atom. The molecule has 0 unspecified atom stereocenters. The predicted octanol–water partition coefficient (Wildman–Crippen LogP) is 1.38. The third kappa shape index (κ3) is 2.79. The van der Waals surface area contributed by atoms with Crippen molar-refractivity contribution in [3.05, 3.63) is 41.6 Å². The average Bonchev–Trinajstić information content (AvgIpc) is 3.10. The highest BCUT2D eigenvalue weighted by atomic mass is 35.5. The van der Waals surface area contributed by atoms with Gasteiger partial charge >= 0.3 is 0 Å². The average molecular weight is 359 g/mol. The normalized spacial score (nSPS) is 14.8. The Morgan fingerprint density at radius 1 is 1.20 bits per heavy atom. The lowest BCUT2D eigenvalue weighted by molar-refractivity contribution is 0.0996. The van der Waals surface area contributed by atoms with E-state index in [9.17, 15) is 4.79 Å². The van der Waals surface area contributed by atoms with E-state index in [0.717, 1.165) is 5.56 Å². The molecule has 0 spiro atoms. The molecule has 0 saturated carbocycles. The fourth-order valence-electron chi connectivity index (χ4n) is 2.80. The number of fused-ring (bicyclic) bond motifs is 1. The number of anilines is 1. The van der Waals surface area contributed by atoms with Crippen LogP contribution in [0.4, 0.5) is 5.82 Å². The Hall–Kier alpha value is -2.71. The molecular weight excluding hydrogens is 344 g/mol. The number of imidazole rings is 1. The Kier molecular flexibility index (Phi) is 3.98. The van der Waals surface area contributed by atoms with Crippen molar-refractivity contribution in [1.29, 1.82) is 0 Å². The fraction of sp³-hybridized carbons (Fsp3) is 0.250. The van der Waals surface area contributed by atoms with Gasteiger partial charge in [0.25, 0.3) is 5.91 Å². The SMILES string of the molecule is NC(=O)c1cn2c(Cl)c(-c3ccncc3)nc(N3CCOCC3)c2n1. The number of amides is 1. The van der Waals surface area contributed by atoms with E-state index < -0.39 is 5.91 Å². The van der Waals surface area contributed by atoms with Crippen LogP contribution in [0.3, 0.4) is 0 Å². The van der Waals surface area contributed by atoms with Crippen LogP contribution in [0.5, 0.6) is 0 Å². The highest BCUT2D eigenvalue weighted by molar-refractivity contribution is 6.32. The molecule has 25 heavy (non-hydrogen) atoms. The number of carbonyl (C=O) groups excluding carboxylic acids is 1. The van der Waals surface area contributed by atoms with E-state index in [1.54, 1.807) is 16.8 Å². The molecule has 0 bridgehead atoms. The second-order valence-corrected chi connectivity index (χ2v) is 5.95. The first-order valence-corrected chi connectivity index (χ1v) is 8.14. The van der Waals surface area contributed by atoms with Crippen molar-refractivity contribution in [3.8, 4) is 11.3 Å². The van der Waals surface area contributed by atoms with Crippen LogP contribution in [0.1, 0.15) is 10.5 Å². The number of pyridine rings is 1. The first kappa shape index (κ1) is 15.8. The number of hydrogen-bond donors (Lipinski definition) is 1. The van der Waals surface area contributed by atoms with Crippen LogP contribution >= 0.6 is 11.6 Å². The topological polar surface area (TPSA) is 98.6 Å². The van der Waals surface area contributed by atoms with Crippen molar-refractivity contribution >= 4 is 29.0 Å². The zero-order valence-electron chi connectivity index (χ0n) is 13.2. The lowest BCUT2D eigenvalue weighted by Gasteiger charge is -2.28. The van der Waals surface area contributed by atoms with E-state index >= 15 is 0 Å². The summed E-state index contributed by atoms with van der Waals surface area (Å²) >= 11 is 6.55. The Bertz CT molecular complexity index is 937. The summed E-state index contributed by atoms with van der Waals surface area (Å²) in [6.45, 7) is 2.56. The van der Waals surface area contributed by atoms with Gasteiger partial charge in [-0.15, -0.1) is 0 Å². The van der Waals surface area contributed by atoms with Crippen LogP contribution in [-0.2, 0) is 4.74 Å². The monoisotopic (exact) mass is 358 g/mol. The third-order valence-corrected chi connectivity index (χ3v) is 4.41. The van der Waals surface area contributed by atoms with Crippen molar-refractivity contribution < 1.29 is 9.53 Å². The maximum atomic E-state index is 11.6. The van der Waals surface area contributed by atoms with Gasteiger partial charge in [-0.25, -0.2) is 9.97 Å². The third-order valence-electron chi connectivity index (χ3n) is 4.05. The lowest BCUT2D eigenvalue weighted by atomic mass is 10.2. The molecule has 3 aromatic heterocycles. The summed E-state index contributed by atoms with van der Waals surface area (Å²) in [6.07, 6.45) is 4.89. The number of nitrogens with zero attached hydrogens (tertiary/aromatic N) is 5. The van der Waals surface area contributed by atoms with Gasteiger partial charge in [0.2, 0.25) is 0 Å². The zero-order chi connectivity index (χ0) is 17.4. The number of aromatic nitrogens is 4. The largest absolute Gasteiger partial charge is 0.378 e. The molecule has 4 heterocycles. The molecule has 2 N–H and O–H groups in total. The maximum Gasteiger partial charge on any atom is 0.268 e. The second kappa shape index (κ2) is 6.30. The second-order valence-electron chi connectivity index (χ2n) is 5.59.